The average Bonchev–Trinajstić information content (AvgIpc) is 2.19. The number of nitrogens with one attached hydrogen (secondary N) is 2. The summed E-state index contributed by atoms with van der Waals surface area (Å²) in [5.74, 6) is -0.228. The lowest BCUT2D eigenvalue weighted by molar-refractivity contribution is -0.121. The molecular formula is C11H14FN3O. The summed E-state index contributed by atoms with van der Waals surface area (Å²) in [7, 11) is 0. The molecule has 2 rings (SSSR count). The molecule has 1 aliphatic heterocycles. The molecule has 1 unspecified atom stereocenters. The van der Waals surface area contributed by atoms with Crippen LogP contribution < -0.4 is 10.6 Å². The lowest BCUT2D eigenvalue weighted by Gasteiger charge is -2.31. The van der Waals surface area contributed by atoms with Crippen LogP contribution in [0, 0.1) is 17.8 Å². The molecule has 1 aromatic rings. The van der Waals surface area contributed by atoms with Crippen LogP contribution in [0.1, 0.15) is 6.92 Å². The van der Waals surface area contributed by atoms with E-state index in [0.717, 1.165) is 13.1 Å². The van der Waals surface area contributed by atoms with Gasteiger partial charge in [0.25, 0.3) is 0 Å². The Morgan fingerprint density at radius 3 is 2.88 bits per heavy atom. The molecular weight excluding hydrogens is 209 g/mol. The summed E-state index contributed by atoms with van der Waals surface area (Å²) in [5, 5.41) is 5.85. The molecule has 2 heterocycles. The zero-order chi connectivity index (χ0) is 11.5. The molecule has 1 amide bonds. The Hall–Kier alpha value is -1.49. The maximum atomic E-state index is 12.5. The summed E-state index contributed by atoms with van der Waals surface area (Å²) in [6.45, 7) is 3.67. The van der Waals surface area contributed by atoms with Gasteiger partial charge in [-0.1, -0.05) is 6.92 Å². The molecule has 0 aliphatic carbocycles. The maximum absolute atomic E-state index is 12.5. The fourth-order valence-electron chi connectivity index (χ4n) is 1.58. The van der Waals surface area contributed by atoms with Gasteiger partial charge < -0.3 is 10.6 Å². The van der Waals surface area contributed by atoms with Crippen LogP contribution in [0.5, 0.6) is 0 Å². The molecule has 4 nitrogen and oxygen atoms in total. The lowest BCUT2D eigenvalue weighted by atomic mass is 9.88. The number of anilines is 1. The molecule has 0 spiro atoms. The van der Waals surface area contributed by atoms with Gasteiger partial charge in [0.05, 0.1) is 11.9 Å². The first-order chi connectivity index (χ1) is 7.66. The molecule has 2 N–H and O–H groups in total. The van der Waals surface area contributed by atoms with Gasteiger partial charge >= 0.3 is 0 Å². The van der Waals surface area contributed by atoms with Crippen molar-refractivity contribution in [2.75, 3.05) is 18.4 Å². The SMILES string of the molecule is CC(C(=O)Nc1ccc(F)nc1)C1CNC1. The first-order valence-corrected chi connectivity index (χ1v) is 5.30. The van der Waals surface area contributed by atoms with Crippen LogP contribution >= 0.6 is 0 Å². The van der Waals surface area contributed by atoms with Crippen molar-refractivity contribution >= 4 is 11.6 Å². The van der Waals surface area contributed by atoms with E-state index in [-0.39, 0.29) is 11.8 Å². The summed E-state index contributed by atoms with van der Waals surface area (Å²) >= 11 is 0. The first-order valence-electron chi connectivity index (χ1n) is 5.30. The topological polar surface area (TPSA) is 54.0 Å². The van der Waals surface area contributed by atoms with Gasteiger partial charge in [0.15, 0.2) is 0 Å². The van der Waals surface area contributed by atoms with E-state index in [0.29, 0.717) is 11.6 Å². The summed E-state index contributed by atoms with van der Waals surface area (Å²) < 4.78 is 12.5. The smallest absolute Gasteiger partial charge is 0.227 e. The minimum absolute atomic E-state index is 0.0358. The van der Waals surface area contributed by atoms with Crippen LogP contribution in [-0.2, 0) is 4.79 Å². The van der Waals surface area contributed by atoms with Crippen LogP contribution in [0.4, 0.5) is 10.1 Å². The zero-order valence-corrected chi connectivity index (χ0v) is 9.03. The lowest BCUT2D eigenvalue weighted by Crippen LogP contribution is -2.48. The monoisotopic (exact) mass is 223 g/mol. The summed E-state index contributed by atoms with van der Waals surface area (Å²) in [5.41, 5.74) is 0.533. The Bertz CT molecular complexity index is 375. The Balaban J connectivity index is 1.93. The van der Waals surface area contributed by atoms with Crippen molar-refractivity contribution in [2.45, 2.75) is 6.92 Å². The Labute approximate surface area is 93.3 Å². The van der Waals surface area contributed by atoms with Gasteiger partial charge in [0.1, 0.15) is 0 Å². The number of aromatic nitrogens is 1. The van der Waals surface area contributed by atoms with Crippen LogP contribution in [-0.4, -0.2) is 24.0 Å². The second-order valence-corrected chi connectivity index (χ2v) is 4.07. The van der Waals surface area contributed by atoms with Crippen LogP contribution in [0.25, 0.3) is 0 Å². The molecule has 5 heteroatoms. The summed E-state index contributed by atoms with van der Waals surface area (Å²) in [6.07, 6.45) is 1.32. The van der Waals surface area contributed by atoms with E-state index in [4.69, 9.17) is 0 Å². The number of pyridine rings is 1. The molecule has 0 saturated carbocycles. The maximum Gasteiger partial charge on any atom is 0.227 e. The van der Waals surface area contributed by atoms with E-state index in [2.05, 4.69) is 15.6 Å². The molecule has 1 atom stereocenters. The summed E-state index contributed by atoms with van der Waals surface area (Å²) in [6, 6.07) is 2.73. The number of carbonyl (C=O) groups excluding carboxylic acids is 1. The highest BCUT2D eigenvalue weighted by Crippen LogP contribution is 2.17. The standard InChI is InChI=1S/C11H14FN3O/c1-7(8-4-13-5-8)11(16)15-9-2-3-10(12)14-6-9/h2-3,6-8,13H,4-5H2,1H3,(H,15,16). The van der Waals surface area contributed by atoms with Gasteiger partial charge in [0, 0.05) is 5.92 Å². The van der Waals surface area contributed by atoms with Crippen molar-refractivity contribution in [3.05, 3.63) is 24.3 Å². The Morgan fingerprint density at radius 1 is 1.62 bits per heavy atom. The van der Waals surface area contributed by atoms with Crippen molar-refractivity contribution < 1.29 is 9.18 Å². The van der Waals surface area contributed by atoms with Gasteiger partial charge in [-0.3, -0.25) is 4.79 Å². The molecule has 1 aliphatic rings. The molecule has 0 aromatic carbocycles. The minimum Gasteiger partial charge on any atom is -0.324 e. The Morgan fingerprint density at radius 2 is 2.38 bits per heavy atom. The molecule has 1 aromatic heterocycles. The largest absolute Gasteiger partial charge is 0.324 e. The number of hydrogen-bond donors (Lipinski definition) is 2. The average molecular weight is 223 g/mol. The van der Waals surface area contributed by atoms with E-state index < -0.39 is 5.95 Å². The number of nitrogens with zero attached hydrogens (tertiary/aromatic N) is 1. The third-order valence-electron chi connectivity index (χ3n) is 2.93. The Kier molecular flexibility index (Phi) is 3.14. The molecule has 0 radical (unpaired) electrons. The fourth-order valence-corrected chi connectivity index (χ4v) is 1.58. The minimum atomic E-state index is -0.547. The second-order valence-electron chi connectivity index (χ2n) is 4.07. The molecule has 16 heavy (non-hydrogen) atoms. The van der Waals surface area contributed by atoms with Gasteiger partial charge in [-0.25, -0.2) is 4.98 Å². The van der Waals surface area contributed by atoms with Crippen LogP contribution in [0.15, 0.2) is 18.3 Å². The molecule has 1 fully saturated rings. The second kappa shape index (κ2) is 4.57. The zero-order valence-electron chi connectivity index (χ0n) is 9.03. The number of halogens is 1. The van der Waals surface area contributed by atoms with Crippen molar-refractivity contribution in [1.29, 1.82) is 0 Å². The molecule has 1 saturated heterocycles. The van der Waals surface area contributed by atoms with Crippen molar-refractivity contribution in [3.63, 3.8) is 0 Å². The van der Waals surface area contributed by atoms with E-state index >= 15 is 0 Å². The number of hydrogen-bond acceptors (Lipinski definition) is 3. The van der Waals surface area contributed by atoms with E-state index in [9.17, 15) is 9.18 Å². The number of carbonyl (C=O) groups is 1. The predicted molar refractivity (Wildman–Crippen MR) is 58.3 cm³/mol. The molecule has 0 bridgehead atoms. The van der Waals surface area contributed by atoms with Gasteiger partial charge in [-0.05, 0) is 31.1 Å². The first kappa shape index (κ1) is 11.0. The van der Waals surface area contributed by atoms with E-state index in [1.165, 1.54) is 18.3 Å². The van der Waals surface area contributed by atoms with Gasteiger partial charge in [-0.15, -0.1) is 0 Å². The fraction of sp³-hybridized carbons (Fsp3) is 0.455. The third kappa shape index (κ3) is 2.36. The highest BCUT2D eigenvalue weighted by molar-refractivity contribution is 5.92. The quantitative estimate of drug-likeness (QED) is 0.752. The highest BCUT2D eigenvalue weighted by Gasteiger charge is 2.28. The molecule has 86 valence electrons. The van der Waals surface area contributed by atoms with Crippen molar-refractivity contribution in [2.24, 2.45) is 11.8 Å². The van der Waals surface area contributed by atoms with E-state index in [1.807, 2.05) is 6.92 Å². The van der Waals surface area contributed by atoms with E-state index in [1.54, 1.807) is 0 Å². The van der Waals surface area contributed by atoms with Crippen molar-refractivity contribution in [3.8, 4) is 0 Å². The van der Waals surface area contributed by atoms with Crippen molar-refractivity contribution in [1.82, 2.24) is 10.3 Å². The number of amides is 1. The summed E-state index contributed by atoms with van der Waals surface area (Å²) in [4.78, 5) is 15.2. The third-order valence-corrected chi connectivity index (χ3v) is 2.93. The van der Waals surface area contributed by atoms with Crippen LogP contribution in [0.3, 0.4) is 0 Å². The highest BCUT2D eigenvalue weighted by atomic mass is 19.1. The normalized spacial score (nSPS) is 17.6. The van der Waals surface area contributed by atoms with Gasteiger partial charge in [0.2, 0.25) is 11.9 Å². The predicted octanol–water partition coefficient (Wildman–Crippen LogP) is 1.01. The number of rotatable bonds is 3. The van der Waals surface area contributed by atoms with Crippen LogP contribution in [0.2, 0.25) is 0 Å². The van der Waals surface area contributed by atoms with Gasteiger partial charge in [-0.2, -0.15) is 4.39 Å².